The van der Waals surface area contributed by atoms with Crippen LogP contribution < -0.4 is 14.8 Å². The Bertz CT molecular complexity index is 1430. The van der Waals surface area contributed by atoms with E-state index >= 15 is 0 Å². The summed E-state index contributed by atoms with van der Waals surface area (Å²) in [5.41, 5.74) is 3.37. The number of halogens is 2. The number of amides is 1. The quantitative estimate of drug-likeness (QED) is 0.462. The number of aromatic nitrogens is 3. The molecule has 166 valence electrons. The van der Waals surface area contributed by atoms with Gasteiger partial charge in [-0.3, -0.25) is 9.89 Å². The van der Waals surface area contributed by atoms with E-state index < -0.39 is 11.7 Å². The highest BCUT2D eigenvalue weighted by Gasteiger charge is 2.53. The van der Waals surface area contributed by atoms with Crippen LogP contribution >= 0.6 is 0 Å². The van der Waals surface area contributed by atoms with E-state index in [0.717, 1.165) is 27.7 Å². The molecule has 2 aromatic carbocycles. The second-order valence-corrected chi connectivity index (χ2v) is 8.40. The molecule has 2 aliphatic rings. The molecule has 9 heteroatoms. The number of nitrogens with one attached hydrogen (secondary N) is 2. The molecule has 1 saturated carbocycles. The number of carbonyl (C=O) groups is 1. The minimum Gasteiger partial charge on any atom is -0.395 e. The highest BCUT2D eigenvalue weighted by atomic mass is 19.3. The van der Waals surface area contributed by atoms with E-state index in [-0.39, 0.29) is 17.4 Å². The Labute approximate surface area is 186 Å². The molecule has 33 heavy (non-hydrogen) atoms. The van der Waals surface area contributed by atoms with Crippen molar-refractivity contribution in [2.45, 2.75) is 31.5 Å². The second kappa shape index (κ2) is 6.74. The zero-order valence-corrected chi connectivity index (χ0v) is 17.5. The molecule has 4 aromatic rings. The standard InChI is InChI=1S/C24H18F2N4O3/c1-13-2-7-20(28-21(13)14-3-5-17-15(10-14)12-27-30-17)29-22(31)23(8-9-23)16-4-6-18-19(11-16)33-24(25,26)32-18/h2-7,10-12H,8-9H2,1H3,(H,27,30)(H,28,29,31). The number of benzene rings is 2. The molecule has 1 aliphatic carbocycles. The number of aryl methyl sites for hydroxylation is 1. The summed E-state index contributed by atoms with van der Waals surface area (Å²) in [5, 5.41) is 10.8. The van der Waals surface area contributed by atoms with Gasteiger partial charge in [0, 0.05) is 10.9 Å². The van der Waals surface area contributed by atoms with Crippen LogP contribution in [0.1, 0.15) is 24.0 Å². The molecule has 0 atom stereocenters. The lowest BCUT2D eigenvalue weighted by molar-refractivity contribution is -0.286. The third-order valence-corrected chi connectivity index (χ3v) is 6.19. The van der Waals surface area contributed by atoms with Crippen molar-refractivity contribution in [1.29, 1.82) is 0 Å². The number of alkyl halides is 2. The van der Waals surface area contributed by atoms with E-state index in [9.17, 15) is 13.6 Å². The fourth-order valence-electron chi connectivity index (χ4n) is 4.24. The van der Waals surface area contributed by atoms with Crippen molar-refractivity contribution in [3.05, 3.63) is 65.9 Å². The van der Waals surface area contributed by atoms with Crippen LogP contribution in [0.15, 0.2) is 54.7 Å². The molecule has 0 radical (unpaired) electrons. The molecule has 0 unspecified atom stereocenters. The Hall–Kier alpha value is -4.01. The monoisotopic (exact) mass is 448 g/mol. The molecule has 6 rings (SSSR count). The van der Waals surface area contributed by atoms with Gasteiger partial charge in [0.2, 0.25) is 5.91 Å². The molecular weight excluding hydrogens is 430 g/mol. The van der Waals surface area contributed by atoms with Crippen molar-refractivity contribution < 1.29 is 23.0 Å². The summed E-state index contributed by atoms with van der Waals surface area (Å²) in [5.74, 6) is 0.0773. The van der Waals surface area contributed by atoms with Crippen LogP contribution in [-0.4, -0.2) is 27.4 Å². The molecule has 0 spiro atoms. The molecule has 3 heterocycles. The number of nitrogens with zero attached hydrogens (tertiary/aromatic N) is 2. The van der Waals surface area contributed by atoms with Crippen molar-refractivity contribution in [3.8, 4) is 22.8 Å². The van der Waals surface area contributed by atoms with Crippen molar-refractivity contribution in [1.82, 2.24) is 15.2 Å². The lowest BCUT2D eigenvalue weighted by atomic mass is 9.94. The first-order valence-electron chi connectivity index (χ1n) is 10.5. The first-order valence-corrected chi connectivity index (χ1v) is 10.5. The molecule has 7 nitrogen and oxygen atoms in total. The number of rotatable bonds is 4. The van der Waals surface area contributed by atoms with E-state index in [2.05, 4.69) is 30.0 Å². The molecule has 0 bridgehead atoms. The molecule has 2 aromatic heterocycles. The van der Waals surface area contributed by atoms with Gasteiger partial charge in [0.25, 0.3) is 0 Å². The van der Waals surface area contributed by atoms with E-state index in [4.69, 9.17) is 0 Å². The van der Waals surface area contributed by atoms with Crippen LogP contribution in [0.3, 0.4) is 0 Å². The molecule has 0 saturated heterocycles. The zero-order chi connectivity index (χ0) is 22.8. The summed E-state index contributed by atoms with van der Waals surface area (Å²) in [7, 11) is 0. The van der Waals surface area contributed by atoms with Gasteiger partial charge in [-0.2, -0.15) is 5.10 Å². The number of carbonyl (C=O) groups excluding carboxylic acids is 1. The SMILES string of the molecule is Cc1ccc(NC(=O)C2(c3ccc4c(c3)OC(F)(F)O4)CC2)nc1-c1ccc2[nH]ncc2c1. The number of anilines is 1. The van der Waals surface area contributed by atoms with Gasteiger partial charge >= 0.3 is 6.29 Å². The van der Waals surface area contributed by atoms with Crippen LogP contribution in [0.4, 0.5) is 14.6 Å². The van der Waals surface area contributed by atoms with Gasteiger partial charge in [0.15, 0.2) is 11.5 Å². The maximum absolute atomic E-state index is 13.4. The van der Waals surface area contributed by atoms with Crippen molar-refractivity contribution in [2.75, 3.05) is 5.32 Å². The first kappa shape index (κ1) is 19.7. The van der Waals surface area contributed by atoms with E-state index in [1.54, 1.807) is 18.3 Å². The number of hydrogen-bond acceptors (Lipinski definition) is 5. The normalized spacial score (nSPS) is 17.2. The predicted octanol–water partition coefficient (Wildman–Crippen LogP) is 4.93. The first-order chi connectivity index (χ1) is 15.8. The largest absolute Gasteiger partial charge is 0.586 e. The Kier molecular flexibility index (Phi) is 4.02. The van der Waals surface area contributed by atoms with Crippen molar-refractivity contribution in [2.24, 2.45) is 0 Å². The van der Waals surface area contributed by atoms with Crippen molar-refractivity contribution in [3.63, 3.8) is 0 Å². The lowest BCUT2D eigenvalue weighted by Crippen LogP contribution is -2.28. The third kappa shape index (κ3) is 3.27. The highest BCUT2D eigenvalue weighted by Crippen LogP contribution is 2.52. The molecule has 2 N–H and O–H groups in total. The van der Waals surface area contributed by atoms with Crippen LogP contribution in [-0.2, 0) is 10.2 Å². The van der Waals surface area contributed by atoms with E-state index in [1.165, 1.54) is 12.1 Å². The number of pyridine rings is 1. The molecule has 1 amide bonds. The third-order valence-electron chi connectivity index (χ3n) is 6.19. The number of H-pyrrole nitrogens is 1. The maximum Gasteiger partial charge on any atom is 0.586 e. The van der Waals surface area contributed by atoms with Gasteiger partial charge < -0.3 is 14.8 Å². The Balaban J connectivity index is 1.28. The van der Waals surface area contributed by atoms with Crippen molar-refractivity contribution >= 4 is 22.6 Å². The minimum atomic E-state index is -3.69. The topological polar surface area (TPSA) is 89.1 Å². The fourth-order valence-corrected chi connectivity index (χ4v) is 4.24. The summed E-state index contributed by atoms with van der Waals surface area (Å²) >= 11 is 0. The molecular formula is C24H18F2N4O3. The maximum atomic E-state index is 13.4. The van der Waals surface area contributed by atoms with Gasteiger partial charge in [-0.1, -0.05) is 18.2 Å². The molecule has 1 aliphatic heterocycles. The van der Waals surface area contributed by atoms with Crippen LogP contribution in [0.25, 0.3) is 22.2 Å². The Morgan fingerprint density at radius 3 is 2.70 bits per heavy atom. The van der Waals surface area contributed by atoms with Gasteiger partial charge in [0.05, 0.1) is 22.8 Å². The van der Waals surface area contributed by atoms with Gasteiger partial charge in [-0.05, 0) is 61.2 Å². The summed E-state index contributed by atoms with van der Waals surface area (Å²) in [6.07, 6.45) is -0.741. The summed E-state index contributed by atoms with van der Waals surface area (Å²) in [6, 6.07) is 14.0. The summed E-state index contributed by atoms with van der Waals surface area (Å²) in [4.78, 5) is 17.9. The number of aromatic amines is 1. The van der Waals surface area contributed by atoms with Gasteiger partial charge in [-0.15, -0.1) is 8.78 Å². The van der Waals surface area contributed by atoms with Gasteiger partial charge in [0.1, 0.15) is 5.82 Å². The van der Waals surface area contributed by atoms with Crippen LogP contribution in [0.5, 0.6) is 11.5 Å². The van der Waals surface area contributed by atoms with Crippen LogP contribution in [0, 0.1) is 6.92 Å². The fraction of sp³-hybridized carbons (Fsp3) is 0.208. The van der Waals surface area contributed by atoms with E-state index in [1.807, 2.05) is 31.2 Å². The Morgan fingerprint density at radius 2 is 1.88 bits per heavy atom. The average molecular weight is 448 g/mol. The number of hydrogen-bond donors (Lipinski definition) is 2. The minimum absolute atomic E-state index is 0.0422. The highest BCUT2D eigenvalue weighted by molar-refractivity contribution is 6.01. The Morgan fingerprint density at radius 1 is 1.06 bits per heavy atom. The summed E-state index contributed by atoms with van der Waals surface area (Å²) in [6.45, 7) is 1.96. The second-order valence-electron chi connectivity index (χ2n) is 8.40. The molecule has 1 fully saturated rings. The average Bonchev–Trinajstić information content (AvgIpc) is 3.35. The predicted molar refractivity (Wildman–Crippen MR) is 116 cm³/mol. The smallest absolute Gasteiger partial charge is 0.395 e. The van der Waals surface area contributed by atoms with E-state index in [0.29, 0.717) is 24.2 Å². The van der Waals surface area contributed by atoms with Crippen LogP contribution in [0.2, 0.25) is 0 Å². The number of fused-ring (bicyclic) bond motifs is 2. The zero-order valence-electron chi connectivity index (χ0n) is 17.5. The summed E-state index contributed by atoms with van der Waals surface area (Å²) < 4.78 is 35.7. The number of ether oxygens (including phenoxy) is 2. The lowest BCUT2D eigenvalue weighted by Gasteiger charge is -2.17. The van der Waals surface area contributed by atoms with Gasteiger partial charge in [-0.25, -0.2) is 4.98 Å².